The first-order valence-electron chi connectivity index (χ1n) is 6.89. The topological polar surface area (TPSA) is 46.6 Å². The van der Waals surface area contributed by atoms with Gasteiger partial charge in [0.25, 0.3) is 5.91 Å². The van der Waals surface area contributed by atoms with Crippen molar-refractivity contribution in [1.29, 1.82) is 0 Å². The summed E-state index contributed by atoms with van der Waals surface area (Å²) in [5.74, 6) is 0.324. The molecule has 0 N–H and O–H groups in total. The molecule has 0 bridgehead atoms. The summed E-state index contributed by atoms with van der Waals surface area (Å²) in [4.78, 5) is 26.2. The minimum absolute atomic E-state index is 0.164. The zero-order valence-electron chi connectivity index (χ0n) is 12.4. The lowest BCUT2D eigenvalue weighted by molar-refractivity contribution is -0.112. The van der Waals surface area contributed by atoms with Gasteiger partial charge >= 0.3 is 0 Å². The Kier molecular flexibility index (Phi) is 3.51. The monoisotopic (exact) mass is 293 g/mol. The van der Waals surface area contributed by atoms with Crippen LogP contribution >= 0.6 is 0 Å². The average molecular weight is 293 g/mol. The number of fused-ring (bicyclic) bond motifs is 1. The lowest BCUT2D eigenvalue weighted by Crippen LogP contribution is -2.20. The van der Waals surface area contributed by atoms with Crippen molar-refractivity contribution in [2.24, 2.45) is 0 Å². The quantitative estimate of drug-likeness (QED) is 0.645. The van der Waals surface area contributed by atoms with Gasteiger partial charge in [-0.2, -0.15) is 0 Å². The van der Waals surface area contributed by atoms with Gasteiger partial charge in [-0.25, -0.2) is 0 Å². The first kappa shape index (κ1) is 14.1. The van der Waals surface area contributed by atoms with Crippen LogP contribution in [0.3, 0.4) is 0 Å². The van der Waals surface area contributed by atoms with Gasteiger partial charge in [0.1, 0.15) is 5.75 Å². The van der Waals surface area contributed by atoms with Crippen molar-refractivity contribution in [3.63, 3.8) is 0 Å². The maximum atomic E-state index is 12.4. The maximum Gasteiger partial charge on any atom is 0.258 e. The number of hydrogen-bond acceptors (Lipinski definition) is 3. The molecule has 1 heterocycles. The van der Waals surface area contributed by atoms with Crippen LogP contribution in [0.4, 0.5) is 5.69 Å². The van der Waals surface area contributed by atoms with Crippen molar-refractivity contribution >= 4 is 23.0 Å². The van der Waals surface area contributed by atoms with E-state index in [0.29, 0.717) is 16.9 Å². The van der Waals surface area contributed by atoms with Gasteiger partial charge in [-0.05, 0) is 36.4 Å². The normalized spacial score (nSPS) is 15.1. The molecule has 4 nitrogen and oxygen atoms in total. The largest absolute Gasteiger partial charge is 0.497 e. The van der Waals surface area contributed by atoms with Crippen LogP contribution < -0.4 is 9.64 Å². The Morgan fingerprint density at radius 2 is 1.77 bits per heavy atom. The molecule has 0 atom stereocenters. The highest BCUT2D eigenvalue weighted by molar-refractivity contribution is 6.35. The summed E-state index contributed by atoms with van der Waals surface area (Å²) in [5.41, 5.74) is 2.56. The summed E-state index contributed by atoms with van der Waals surface area (Å²) in [5, 5.41) is 0. The number of amides is 1. The second-order valence-electron chi connectivity index (χ2n) is 5.03. The molecule has 0 saturated heterocycles. The van der Waals surface area contributed by atoms with Gasteiger partial charge in [0, 0.05) is 18.2 Å². The van der Waals surface area contributed by atoms with Crippen molar-refractivity contribution < 1.29 is 14.3 Å². The Morgan fingerprint density at radius 1 is 1.09 bits per heavy atom. The van der Waals surface area contributed by atoms with Gasteiger partial charge < -0.3 is 9.64 Å². The van der Waals surface area contributed by atoms with Crippen LogP contribution in [-0.2, 0) is 4.79 Å². The Bertz CT molecular complexity index is 775. The summed E-state index contributed by atoms with van der Waals surface area (Å²) in [6.07, 6.45) is 1.41. The number of allylic oxidation sites excluding steroid dienone is 1. The molecule has 3 rings (SSSR count). The molecule has 1 amide bonds. The molecule has 0 radical (unpaired) electrons. The summed E-state index contributed by atoms with van der Waals surface area (Å²) < 4.78 is 5.07. The van der Waals surface area contributed by atoms with Crippen LogP contribution in [-0.4, -0.2) is 25.8 Å². The van der Waals surface area contributed by atoms with E-state index < -0.39 is 0 Å². The summed E-state index contributed by atoms with van der Waals surface area (Å²) in [7, 11) is 3.28. The van der Waals surface area contributed by atoms with E-state index in [0.717, 1.165) is 11.3 Å². The highest BCUT2D eigenvalue weighted by Crippen LogP contribution is 2.35. The number of likely N-dealkylation sites (N-methyl/N-ethyl adjacent to an activating group) is 1. The van der Waals surface area contributed by atoms with Crippen LogP contribution in [0, 0.1) is 0 Å². The van der Waals surface area contributed by atoms with Crippen LogP contribution in [0.25, 0.3) is 5.57 Å². The van der Waals surface area contributed by atoms with E-state index in [1.54, 1.807) is 43.3 Å². The fraction of sp³-hybridized carbons (Fsp3) is 0.111. The van der Waals surface area contributed by atoms with Crippen molar-refractivity contribution in [3.8, 4) is 5.75 Å². The lowest BCUT2D eigenvalue weighted by Gasteiger charge is -2.07. The third-order valence-electron chi connectivity index (χ3n) is 3.74. The van der Waals surface area contributed by atoms with Crippen molar-refractivity contribution in [2.45, 2.75) is 0 Å². The number of ether oxygens (including phenoxy) is 1. The minimum atomic E-state index is -0.198. The molecule has 110 valence electrons. The molecule has 2 aromatic carbocycles. The Hall–Kier alpha value is -2.88. The maximum absolute atomic E-state index is 12.4. The molecule has 0 aliphatic carbocycles. The van der Waals surface area contributed by atoms with Crippen molar-refractivity contribution in [2.75, 3.05) is 19.1 Å². The summed E-state index contributed by atoms with van der Waals surface area (Å²) in [6, 6.07) is 14.3. The van der Waals surface area contributed by atoms with Crippen LogP contribution in [0.5, 0.6) is 5.75 Å². The molecule has 4 heteroatoms. The van der Waals surface area contributed by atoms with E-state index in [1.807, 2.05) is 24.3 Å². The molecule has 22 heavy (non-hydrogen) atoms. The van der Waals surface area contributed by atoms with Gasteiger partial charge in [-0.1, -0.05) is 18.2 Å². The van der Waals surface area contributed by atoms with Crippen LogP contribution in [0.15, 0.2) is 54.6 Å². The number of carbonyl (C=O) groups excluding carboxylic acids is 2. The third kappa shape index (κ3) is 2.29. The minimum Gasteiger partial charge on any atom is -0.497 e. The zero-order chi connectivity index (χ0) is 15.7. The first-order chi connectivity index (χ1) is 10.6. The predicted molar refractivity (Wildman–Crippen MR) is 85.2 cm³/mol. The van der Waals surface area contributed by atoms with Crippen molar-refractivity contribution in [1.82, 2.24) is 0 Å². The number of ketones is 1. The smallest absolute Gasteiger partial charge is 0.258 e. The fourth-order valence-electron chi connectivity index (χ4n) is 2.51. The molecular formula is C18H15NO3. The van der Waals surface area contributed by atoms with E-state index in [4.69, 9.17) is 4.74 Å². The van der Waals surface area contributed by atoms with Crippen LogP contribution in [0.2, 0.25) is 0 Å². The molecule has 1 aliphatic heterocycles. The molecule has 2 aromatic rings. The number of rotatable bonds is 3. The van der Waals surface area contributed by atoms with Crippen LogP contribution in [0.1, 0.15) is 15.9 Å². The second-order valence-corrected chi connectivity index (χ2v) is 5.03. The Balaban J connectivity index is 1.97. The average Bonchev–Trinajstić information content (AvgIpc) is 2.80. The number of anilines is 1. The van der Waals surface area contributed by atoms with Gasteiger partial charge in [0.15, 0.2) is 5.78 Å². The zero-order valence-corrected chi connectivity index (χ0v) is 12.4. The Morgan fingerprint density at radius 3 is 2.45 bits per heavy atom. The first-order valence-corrected chi connectivity index (χ1v) is 6.89. The predicted octanol–water partition coefficient (Wildman–Crippen LogP) is 2.94. The number of carbonyl (C=O) groups is 2. The molecule has 0 fully saturated rings. The van der Waals surface area contributed by atoms with Gasteiger partial charge in [0.05, 0.1) is 18.4 Å². The molecule has 0 aromatic heterocycles. The number of nitrogens with zero attached hydrogens (tertiary/aromatic N) is 1. The SMILES string of the molecule is COc1ccc(C(=O)/C=C2\C(=O)N(C)c3ccccc32)cc1. The summed E-state index contributed by atoms with van der Waals surface area (Å²) in [6.45, 7) is 0. The third-order valence-corrected chi connectivity index (χ3v) is 3.74. The summed E-state index contributed by atoms with van der Waals surface area (Å²) >= 11 is 0. The van der Waals surface area contributed by atoms with Crippen molar-refractivity contribution in [3.05, 3.63) is 65.7 Å². The number of para-hydroxylation sites is 1. The number of methoxy groups -OCH3 is 1. The van der Waals surface area contributed by atoms with E-state index in [9.17, 15) is 9.59 Å². The molecule has 1 aliphatic rings. The molecular weight excluding hydrogens is 278 g/mol. The fourth-order valence-corrected chi connectivity index (χ4v) is 2.51. The second kappa shape index (κ2) is 5.48. The van der Waals surface area contributed by atoms with Gasteiger partial charge in [-0.15, -0.1) is 0 Å². The molecule has 0 unspecified atom stereocenters. The van der Waals surface area contributed by atoms with E-state index in [2.05, 4.69) is 0 Å². The lowest BCUT2D eigenvalue weighted by atomic mass is 10.0. The van der Waals surface area contributed by atoms with E-state index >= 15 is 0 Å². The highest BCUT2D eigenvalue weighted by Gasteiger charge is 2.29. The number of hydrogen-bond donors (Lipinski definition) is 0. The van der Waals surface area contributed by atoms with Gasteiger partial charge in [-0.3, -0.25) is 9.59 Å². The van der Waals surface area contributed by atoms with E-state index in [1.165, 1.54) is 6.08 Å². The Labute approximate surface area is 128 Å². The number of benzene rings is 2. The van der Waals surface area contributed by atoms with E-state index in [-0.39, 0.29) is 11.7 Å². The molecule has 0 saturated carbocycles. The van der Waals surface area contributed by atoms with Gasteiger partial charge in [0.2, 0.25) is 0 Å². The highest BCUT2D eigenvalue weighted by atomic mass is 16.5. The molecule has 0 spiro atoms. The standard InChI is InChI=1S/C18H15NO3/c1-19-16-6-4-3-5-14(16)15(18(19)21)11-17(20)12-7-9-13(22-2)10-8-12/h3-11H,1-2H3/b15-11-.